The van der Waals surface area contributed by atoms with E-state index in [9.17, 15) is 24.3 Å². The number of rotatable bonds is 11. The maximum Gasteiger partial charge on any atom is 0.326 e. The molecule has 0 saturated carbocycles. The molecule has 3 amide bonds. The average Bonchev–Trinajstić information content (AvgIpc) is 3.52. The van der Waals surface area contributed by atoms with Crippen LogP contribution in [0.15, 0.2) is 30.5 Å². The summed E-state index contributed by atoms with van der Waals surface area (Å²) >= 11 is 0. The molecule has 10 heteroatoms. The highest BCUT2D eigenvalue weighted by molar-refractivity contribution is 5.95. The summed E-state index contributed by atoms with van der Waals surface area (Å²) < 4.78 is 0. The molecular formula is C27H39N5O5. The minimum atomic E-state index is -1.13. The van der Waals surface area contributed by atoms with Crippen molar-refractivity contribution in [1.29, 1.82) is 0 Å². The fraction of sp³-hybridized carbons (Fsp3) is 0.556. The van der Waals surface area contributed by atoms with Gasteiger partial charge in [-0.2, -0.15) is 0 Å². The summed E-state index contributed by atoms with van der Waals surface area (Å²) in [4.78, 5) is 56.3. The second-order valence-corrected chi connectivity index (χ2v) is 10.3. The van der Waals surface area contributed by atoms with Gasteiger partial charge in [-0.1, -0.05) is 52.3 Å². The van der Waals surface area contributed by atoms with Crippen LogP contribution >= 0.6 is 0 Å². The van der Waals surface area contributed by atoms with Crippen LogP contribution in [0.1, 0.15) is 52.5 Å². The van der Waals surface area contributed by atoms with Crippen LogP contribution in [0.2, 0.25) is 0 Å². The molecule has 2 aromatic rings. The van der Waals surface area contributed by atoms with Crippen molar-refractivity contribution < 1.29 is 24.3 Å². The van der Waals surface area contributed by atoms with Gasteiger partial charge >= 0.3 is 5.97 Å². The van der Waals surface area contributed by atoms with E-state index in [0.29, 0.717) is 25.8 Å². The second kappa shape index (κ2) is 12.2. The summed E-state index contributed by atoms with van der Waals surface area (Å²) in [6.07, 6.45) is 3.62. The third-order valence-corrected chi connectivity index (χ3v) is 7.35. The fourth-order valence-corrected chi connectivity index (χ4v) is 4.71. The number of para-hydroxylation sites is 1. The van der Waals surface area contributed by atoms with E-state index >= 15 is 0 Å². The lowest BCUT2D eigenvalue weighted by Gasteiger charge is -2.30. The number of nitrogens with zero attached hydrogens (tertiary/aromatic N) is 1. The van der Waals surface area contributed by atoms with Gasteiger partial charge in [0.1, 0.15) is 18.1 Å². The van der Waals surface area contributed by atoms with Gasteiger partial charge in [0.05, 0.1) is 6.04 Å². The molecule has 1 aromatic carbocycles. The van der Waals surface area contributed by atoms with Crippen LogP contribution in [0.3, 0.4) is 0 Å². The van der Waals surface area contributed by atoms with Crippen LogP contribution in [0.5, 0.6) is 0 Å². The third-order valence-electron chi connectivity index (χ3n) is 7.35. The van der Waals surface area contributed by atoms with E-state index in [-0.39, 0.29) is 24.2 Å². The Kier molecular flexibility index (Phi) is 9.31. The first kappa shape index (κ1) is 28.2. The third kappa shape index (κ3) is 6.49. The van der Waals surface area contributed by atoms with Crippen LogP contribution < -0.4 is 16.4 Å². The molecular weight excluding hydrogens is 474 g/mol. The molecule has 0 bridgehead atoms. The van der Waals surface area contributed by atoms with E-state index in [0.717, 1.165) is 16.5 Å². The number of amides is 3. The standard InChI is InChI=1S/C27H39N5O5/c1-5-16(4)23(27(36)37)31-24(33)20(13-17-14-29-19-10-7-6-9-18(17)19)30-25(34)21-11-8-12-32(21)26(35)22(28)15(2)3/h6-7,9-10,14-16,20-23,29H,5,8,11-13,28H2,1-4H3,(H,30,34)(H,31,33)(H,36,37). The van der Waals surface area contributed by atoms with Gasteiger partial charge in [-0.15, -0.1) is 0 Å². The number of nitrogens with one attached hydrogen (secondary N) is 3. The van der Waals surface area contributed by atoms with Crippen LogP contribution in [-0.2, 0) is 25.6 Å². The van der Waals surface area contributed by atoms with Crippen LogP contribution in [0.25, 0.3) is 10.9 Å². The number of aliphatic carboxylic acids is 1. The lowest BCUT2D eigenvalue weighted by molar-refractivity contribution is -0.144. The van der Waals surface area contributed by atoms with Crippen molar-refractivity contribution in [3.05, 3.63) is 36.0 Å². The smallest absolute Gasteiger partial charge is 0.326 e. The number of benzene rings is 1. The molecule has 10 nitrogen and oxygen atoms in total. The summed E-state index contributed by atoms with van der Waals surface area (Å²) in [6, 6.07) is 4.04. The average molecular weight is 514 g/mol. The lowest BCUT2D eigenvalue weighted by atomic mass is 9.98. The zero-order valence-corrected chi connectivity index (χ0v) is 22.0. The first-order chi connectivity index (χ1) is 17.5. The predicted octanol–water partition coefficient (Wildman–Crippen LogP) is 1.79. The summed E-state index contributed by atoms with van der Waals surface area (Å²) in [5.41, 5.74) is 7.78. The number of aromatic amines is 1. The summed E-state index contributed by atoms with van der Waals surface area (Å²) in [7, 11) is 0. The molecule has 5 unspecified atom stereocenters. The molecule has 1 saturated heterocycles. The van der Waals surface area contributed by atoms with Crippen molar-refractivity contribution in [2.75, 3.05) is 6.54 Å². The van der Waals surface area contributed by atoms with E-state index in [1.807, 2.05) is 45.0 Å². The molecule has 1 aliphatic rings. The van der Waals surface area contributed by atoms with Gasteiger partial charge in [0, 0.05) is 30.1 Å². The Morgan fingerprint density at radius 1 is 1.16 bits per heavy atom. The number of likely N-dealkylation sites (tertiary alicyclic amines) is 1. The quantitative estimate of drug-likeness (QED) is 0.308. The second-order valence-electron chi connectivity index (χ2n) is 10.3. The predicted molar refractivity (Wildman–Crippen MR) is 141 cm³/mol. The molecule has 6 N–H and O–H groups in total. The molecule has 3 rings (SSSR count). The number of carbonyl (C=O) groups excluding carboxylic acids is 3. The van der Waals surface area contributed by atoms with Crippen molar-refractivity contribution in [3.63, 3.8) is 0 Å². The van der Waals surface area contributed by atoms with Crippen LogP contribution in [-0.4, -0.2) is 69.4 Å². The Morgan fingerprint density at radius 2 is 1.86 bits per heavy atom. The van der Waals surface area contributed by atoms with E-state index < -0.39 is 42.0 Å². The lowest BCUT2D eigenvalue weighted by Crippen LogP contribution is -2.58. The van der Waals surface area contributed by atoms with Crippen molar-refractivity contribution in [1.82, 2.24) is 20.5 Å². The van der Waals surface area contributed by atoms with Crippen molar-refractivity contribution in [2.45, 2.75) is 77.5 Å². The zero-order valence-electron chi connectivity index (χ0n) is 22.0. The number of hydrogen-bond acceptors (Lipinski definition) is 5. The molecule has 37 heavy (non-hydrogen) atoms. The molecule has 202 valence electrons. The zero-order chi connectivity index (χ0) is 27.3. The largest absolute Gasteiger partial charge is 0.480 e. The minimum Gasteiger partial charge on any atom is -0.480 e. The van der Waals surface area contributed by atoms with Crippen LogP contribution in [0.4, 0.5) is 0 Å². The maximum atomic E-state index is 13.4. The molecule has 1 aromatic heterocycles. The molecule has 0 aliphatic carbocycles. The Morgan fingerprint density at radius 3 is 2.51 bits per heavy atom. The Labute approximate surface area is 217 Å². The Balaban J connectivity index is 1.85. The molecule has 2 heterocycles. The minimum absolute atomic E-state index is 0.0780. The number of hydrogen-bond donors (Lipinski definition) is 5. The van der Waals surface area contributed by atoms with Gasteiger partial charge < -0.3 is 31.4 Å². The number of carbonyl (C=O) groups is 4. The van der Waals surface area contributed by atoms with Crippen LogP contribution in [0, 0.1) is 11.8 Å². The summed E-state index contributed by atoms with van der Waals surface area (Å²) in [5, 5.41) is 16.0. The monoisotopic (exact) mass is 513 g/mol. The number of carboxylic acids is 1. The Bertz CT molecular complexity index is 1130. The molecule has 1 fully saturated rings. The number of carboxylic acid groups (broad SMARTS) is 1. The molecule has 1 aliphatic heterocycles. The van der Waals surface area contributed by atoms with Gasteiger partial charge in [0.25, 0.3) is 0 Å². The number of H-pyrrole nitrogens is 1. The van der Waals surface area contributed by atoms with Crippen molar-refractivity contribution in [2.24, 2.45) is 17.6 Å². The molecule has 0 spiro atoms. The highest BCUT2D eigenvalue weighted by Crippen LogP contribution is 2.22. The number of nitrogens with two attached hydrogens (primary N) is 1. The molecule has 0 radical (unpaired) electrons. The summed E-state index contributed by atoms with van der Waals surface area (Å²) in [6.45, 7) is 7.74. The number of aromatic nitrogens is 1. The topological polar surface area (TPSA) is 158 Å². The maximum absolute atomic E-state index is 13.4. The first-order valence-corrected chi connectivity index (χ1v) is 13.0. The fourth-order valence-electron chi connectivity index (χ4n) is 4.71. The van der Waals surface area contributed by atoms with Gasteiger partial charge in [0.15, 0.2) is 0 Å². The first-order valence-electron chi connectivity index (χ1n) is 13.0. The van der Waals surface area contributed by atoms with E-state index in [2.05, 4.69) is 15.6 Å². The van der Waals surface area contributed by atoms with Gasteiger partial charge in [-0.05, 0) is 36.3 Å². The van der Waals surface area contributed by atoms with Gasteiger partial charge in [-0.25, -0.2) is 4.79 Å². The normalized spacial score (nSPS) is 18.9. The highest BCUT2D eigenvalue weighted by atomic mass is 16.4. The number of fused-ring (bicyclic) bond motifs is 1. The Hall–Kier alpha value is -3.40. The SMILES string of the molecule is CCC(C)C(NC(=O)C(Cc1c[nH]c2ccccc12)NC(=O)C1CCCN1C(=O)C(N)C(C)C)C(=O)O. The van der Waals surface area contributed by atoms with Crippen molar-refractivity contribution in [3.8, 4) is 0 Å². The van der Waals surface area contributed by atoms with E-state index in [4.69, 9.17) is 5.73 Å². The van der Waals surface area contributed by atoms with Gasteiger partial charge in [-0.3, -0.25) is 14.4 Å². The van der Waals surface area contributed by atoms with E-state index in [1.165, 1.54) is 4.90 Å². The van der Waals surface area contributed by atoms with Crippen molar-refractivity contribution >= 4 is 34.6 Å². The van der Waals surface area contributed by atoms with Gasteiger partial charge in [0.2, 0.25) is 17.7 Å². The molecule has 5 atom stereocenters. The summed E-state index contributed by atoms with van der Waals surface area (Å²) in [5.74, 6) is -2.82. The highest BCUT2D eigenvalue weighted by Gasteiger charge is 2.39. The van der Waals surface area contributed by atoms with E-state index in [1.54, 1.807) is 13.1 Å².